The molecule has 4 nitrogen and oxygen atoms in total. The Morgan fingerprint density at radius 3 is 2.47 bits per heavy atom. The maximum absolute atomic E-state index is 5.84. The molecule has 4 heteroatoms. The van der Waals surface area contributed by atoms with E-state index in [1.54, 1.807) is 0 Å². The normalized spacial score (nSPS) is 14.9. The fraction of sp³-hybridized carbons (Fsp3) is 0.692. The van der Waals surface area contributed by atoms with Crippen molar-refractivity contribution in [1.29, 1.82) is 0 Å². The second-order valence-corrected chi connectivity index (χ2v) is 4.71. The van der Waals surface area contributed by atoms with E-state index >= 15 is 0 Å². The van der Waals surface area contributed by atoms with Gasteiger partial charge in [-0.25, -0.2) is 9.97 Å². The van der Waals surface area contributed by atoms with Crippen LogP contribution in [0.2, 0.25) is 0 Å². The summed E-state index contributed by atoms with van der Waals surface area (Å²) in [5.74, 6) is 1.53. The summed E-state index contributed by atoms with van der Waals surface area (Å²) in [6.45, 7) is 10.9. The summed E-state index contributed by atoms with van der Waals surface area (Å²) in [6, 6.07) is 1.83. The standard InChI is InChI=1S/C13H23N3O/c1-6-13(5,17-7-2)12-15-10(9(3)4)8-11(14)16-12/h8-9H,6-7H2,1-5H3,(H2,14,15,16). The van der Waals surface area contributed by atoms with Crippen LogP contribution in [-0.4, -0.2) is 16.6 Å². The van der Waals surface area contributed by atoms with Crippen molar-refractivity contribution in [1.82, 2.24) is 9.97 Å². The minimum Gasteiger partial charge on any atom is -0.384 e. The molecule has 1 aromatic rings. The zero-order chi connectivity index (χ0) is 13.1. The molecule has 17 heavy (non-hydrogen) atoms. The Labute approximate surface area is 104 Å². The van der Waals surface area contributed by atoms with Crippen LogP contribution in [-0.2, 0) is 10.3 Å². The van der Waals surface area contributed by atoms with Gasteiger partial charge in [-0.3, -0.25) is 0 Å². The maximum Gasteiger partial charge on any atom is 0.162 e. The number of nitrogen functional groups attached to an aromatic ring is 1. The minimum absolute atomic E-state index is 0.335. The molecule has 0 saturated heterocycles. The highest BCUT2D eigenvalue weighted by Crippen LogP contribution is 2.28. The molecule has 0 bridgehead atoms. The molecule has 0 aromatic carbocycles. The van der Waals surface area contributed by atoms with Crippen molar-refractivity contribution in [3.8, 4) is 0 Å². The van der Waals surface area contributed by atoms with E-state index in [0.29, 0.717) is 24.2 Å². The van der Waals surface area contributed by atoms with Crippen LogP contribution in [0.25, 0.3) is 0 Å². The van der Waals surface area contributed by atoms with Crippen LogP contribution in [0.1, 0.15) is 58.5 Å². The topological polar surface area (TPSA) is 61.0 Å². The molecule has 0 aliphatic rings. The SMILES string of the molecule is CCOC(C)(CC)c1nc(N)cc(C(C)C)n1. The molecule has 0 amide bonds. The lowest BCUT2D eigenvalue weighted by Gasteiger charge is -2.27. The third kappa shape index (κ3) is 3.16. The van der Waals surface area contributed by atoms with E-state index in [9.17, 15) is 0 Å². The zero-order valence-corrected chi connectivity index (χ0v) is 11.4. The summed E-state index contributed by atoms with van der Waals surface area (Å²) in [5.41, 5.74) is 6.35. The van der Waals surface area contributed by atoms with Gasteiger partial charge >= 0.3 is 0 Å². The number of nitrogens with two attached hydrogens (primary N) is 1. The number of anilines is 1. The van der Waals surface area contributed by atoms with Crippen LogP contribution in [0.3, 0.4) is 0 Å². The van der Waals surface area contributed by atoms with Crippen molar-refractivity contribution in [2.45, 2.75) is 52.6 Å². The summed E-state index contributed by atoms with van der Waals surface area (Å²) < 4.78 is 5.77. The van der Waals surface area contributed by atoms with Crippen LogP contribution in [0.15, 0.2) is 6.07 Å². The van der Waals surface area contributed by atoms with Gasteiger partial charge in [0.25, 0.3) is 0 Å². The third-order valence-electron chi connectivity index (χ3n) is 2.97. The van der Waals surface area contributed by atoms with Crippen LogP contribution in [0.5, 0.6) is 0 Å². The summed E-state index contributed by atoms with van der Waals surface area (Å²) in [7, 11) is 0. The summed E-state index contributed by atoms with van der Waals surface area (Å²) >= 11 is 0. The van der Waals surface area contributed by atoms with Crippen molar-refractivity contribution >= 4 is 5.82 Å². The molecule has 2 N–H and O–H groups in total. The van der Waals surface area contributed by atoms with Gasteiger partial charge in [0.1, 0.15) is 11.4 Å². The van der Waals surface area contributed by atoms with E-state index in [1.165, 1.54) is 0 Å². The smallest absolute Gasteiger partial charge is 0.162 e. The van der Waals surface area contributed by atoms with Gasteiger partial charge in [0.2, 0.25) is 0 Å². The molecule has 1 heterocycles. The molecule has 96 valence electrons. The van der Waals surface area contributed by atoms with Crippen LogP contribution in [0.4, 0.5) is 5.82 Å². The summed E-state index contributed by atoms with van der Waals surface area (Å²) in [5, 5.41) is 0. The number of hydrogen-bond acceptors (Lipinski definition) is 4. The van der Waals surface area contributed by atoms with E-state index < -0.39 is 5.60 Å². The third-order valence-corrected chi connectivity index (χ3v) is 2.97. The van der Waals surface area contributed by atoms with Crippen LogP contribution in [0, 0.1) is 0 Å². The molecule has 1 unspecified atom stereocenters. The van der Waals surface area contributed by atoms with Gasteiger partial charge in [0.15, 0.2) is 5.82 Å². The molecule has 0 aliphatic carbocycles. The van der Waals surface area contributed by atoms with E-state index in [0.717, 1.165) is 12.1 Å². The number of hydrogen-bond donors (Lipinski definition) is 1. The highest BCUT2D eigenvalue weighted by atomic mass is 16.5. The Hall–Kier alpha value is -1.16. The fourth-order valence-corrected chi connectivity index (χ4v) is 1.66. The number of aromatic nitrogens is 2. The fourth-order valence-electron chi connectivity index (χ4n) is 1.66. The number of rotatable bonds is 5. The first-order valence-corrected chi connectivity index (χ1v) is 6.21. The minimum atomic E-state index is -0.451. The van der Waals surface area contributed by atoms with Gasteiger partial charge in [-0.15, -0.1) is 0 Å². The average molecular weight is 237 g/mol. The lowest BCUT2D eigenvalue weighted by molar-refractivity contribution is -0.0391. The predicted octanol–water partition coefficient (Wildman–Crippen LogP) is 2.84. The second kappa shape index (κ2) is 5.45. The summed E-state index contributed by atoms with van der Waals surface area (Å²) in [6.07, 6.45) is 0.821. The Kier molecular flexibility index (Phi) is 4.46. The largest absolute Gasteiger partial charge is 0.384 e. The molecule has 0 radical (unpaired) electrons. The predicted molar refractivity (Wildman–Crippen MR) is 69.8 cm³/mol. The molecular formula is C13H23N3O. The van der Waals surface area contributed by atoms with Crippen molar-refractivity contribution < 1.29 is 4.74 Å². The summed E-state index contributed by atoms with van der Waals surface area (Å²) in [4.78, 5) is 8.90. The van der Waals surface area contributed by atoms with Gasteiger partial charge in [0.05, 0.1) is 0 Å². The quantitative estimate of drug-likeness (QED) is 0.855. The van der Waals surface area contributed by atoms with Gasteiger partial charge < -0.3 is 10.5 Å². The molecule has 1 aromatic heterocycles. The molecule has 0 spiro atoms. The Morgan fingerprint density at radius 2 is 2.00 bits per heavy atom. The van der Waals surface area contributed by atoms with Crippen molar-refractivity contribution in [2.24, 2.45) is 0 Å². The molecule has 1 atom stereocenters. The molecule has 0 saturated carbocycles. The second-order valence-electron chi connectivity index (χ2n) is 4.71. The van der Waals surface area contributed by atoms with Crippen molar-refractivity contribution in [2.75, 3.05) is 12.3 Å². The van der Waals surface area contributed by atoms with Crippen molar-refractivity contribution in [3.63, 3.8) is 0 Å². The average Bonchev–Trinajstić information content (AvgIpc) is 2.28. The first-order valence-electron chi connectivity index (χ1n) is 6.21. The molecule has 0 aliphatic heterocycles. The monoisotopic (exact) mass is 237 g/mol. The molecule has 1 rings (SSSR count). The van der Waals surface area contributed by atoms with E-state index in [1.807, 2.05) is 19.9 Å². The van der Waals surface area contributed by atoms with Crippen LogP contribution >= 0.6 is 0 Å². The maximum atomic E-state index is 5.84. The molecule has 0 fully saturated rings. The van der Waals surface area contributed by atoms with Crippen molar-refractivity contribution in [3.05, 3.63) is 17.6 Å². The van der Waals surface area contributed by atoms with Gasteiger partial charge in [-0.2, -0.15) is 0 Å². The Balaban J connectivity index is 3.19. The first kappa shape index (κ1) is 13.9. The van der Waals surface area contributed by atoms with E-state index in [2.05, 4.69) is 30.7 Å². The molecular weight excluding hydrogens is 214 g/mol. The van der Waals surface area contributed by atoms with Gasteiger partial charge in [-0.05, 0) is 26.2 Å². The van der Waals surface area contributed by atoms with Gasteiger partial charge in [-0.1, -0.05) is 20.8 Å². The van der Waals surface area contributed by atoms with Gasteiger partial charge in [0, 0.05) is 18.4 Å². The zero-order valence-electron chi connectivity index (χ0n) is 11.4. The highest BCUT2D eigenvalue weighted by molar-refractivity contribution is 5.32. The lowest BCUT2D eigenvalue weighted by Crippen LogP contribution is -2.28. The Morgan fingerprint density at radius 1 is 1.35 bits per heavy atom. The lowest BCUT2D eigenvalue weighted by atomic mass is 10.0. The number of ether oxygens (including phenoxy) is 1. The Bertz CT molecular complexity index is 379. The first-order chi connectivity index (χ1) is 7.92. The van der Waals surface area contributed by atoms with Crippen LogP contribution < -0.4 is 5.73 Å². The number of nitrogens with zero attached hydrogens (tertiary/aromatic N) is 2. The van der Waals surface area contributed by atoms with E-state index in [4.69, 9.17) is 10.5 Å². The van der Waals surface area contributed by atoms with E-state index in [-0.39, 0.29) is 0 Å². The highest BCUT2D eigenvalue weighted by Gasteiger charge is 2.29.